The van der Waals surface area contributed by atoms with Gasteiger partial charge in [-0.2, -0.15) is 5.26 Å². The Labute approximate surface area is 74.1 Å². The van der Waals surface area contributed by atoms with Gasteiger partial charge in [0.25, 0.3) is 0 Å². The zero-order chi connectivity index (χ0) is 8.98. The van der Waals surface area contributed by atoms with Crippen LogP contribution in [0.1, 0.15) is 33.6 Å². The van der Waals surface area contributed by atoms with E-state index in [-0.39, 0.29) is 5.41 Å². The van der Waals surface area contributed by atoms with Crippen LogP contribution in [0.5, 0.6) is 0 Å². The molecule has 12 heavy (non-hydrogen) atoms. The van der Waals surface area contributed by atoms with Crippen LogP contribution < -0.4 is 0 Å². The van der Waals surface area contributed by atoms with E-state index in [1.165, 1.54) is 12.8 Å². The van der Waals surface area contributed by atoms with Crippen LogP contribution in [0, 0.1) is 28.1 Å². The highest BCUT2D eigenvalue weighted by Gasteiger charge is 2.57. The first-order chi connectivity index (χ1) is 5.52. The number of allylic oxidation sites excluding steroid dienone is 2. The molecule has 0 aromatic heterocycles. The number of hydrogen-bond acceptors (Lipinski definition) is 1. The molecule has 0 saturated heterocycles. The standard InChI is InChI=1S/C11H15N/c1-10(2)8-4-5-11(10,3)9(6-8)7-12/h6,8H,4-5H2,1-3H3. The van der Waals surface area contributed by atoms with Crippen LogP contribution in [0.25, 0.3) is 0 Å². The SMILES string of the molecule is CC12CCC(C=C1C#N)C2(C)C. The average Bonchev–Trinajstić information content (AvgIpc) is 2.34. The molecule has 1 nitrogen and oxygen atoms in total. The number of hydrogen-bond donors (Lipinski definition) is 0. The van der Waals surface area contributed by atoms with Crippen LogP contribution >= 0.6 is 0 Å². The Balaban J connectivity index is 2.52. The van der Waals surface area contributed by atoms with E-state index in [1.807, 2.05) is 0 Å². The van der Waals surface area contributed by atoms with Crippen molar-refractivity contribution >= 4 is 0 Å². The van der Waals surface area contributed by atoms with Crippen molar-refractivity contribution < 1.29 is 0 Å². The molecule has 1 heteroatoms. The fourth-order valence-electron chi connectivity index (χ4n) is 2.86. The molecule has 0 amide bonds. The molecule has 2 unspecified atom stereocenters. The van der Waals surface area contributed by atoms with Gasteiger partial charge >= 0.3 is 0 Å². The Kier molecular flexibility index (Phi) is 1.27. The van der Waals surface area contributed by atoms with Crippen LogP contribution in [0.3, 0.4) is 0 Å². The second-order valence-electron chi connectivity index (χ2n) is 4.89. The van der Waals surface area contributed by atoms with E-state index in [0.717, 1.165) is 5.57 Å². The molecule has 0 aromatic carbocycles. The van der Waals surface area contributed by atoms with Gasteiger partial charge in [0.2, 0.25) is 0 Å². The normalized spacial score (nSPS) is 42.5. The van der Waals surface area contributed by atoms with Gasteiger partial charge in [-0.15, -0.1) is 0 Å². The van der Waals surface area contributed by atoms with E-state index in [0.29, 0.717) is 11.3 Å². The summed E-state index contributed by atoms with van der Waals surface area (Å²) in [5.41, 5.74) is 1.52. The summed E-state index contributed by atoms with van der Waals surface area (Å²) in [6.45, 7) is 6.84. The first-order valence-corrected chi connectivity index (χ1v) is 4.65. The zero-order valence-electron chi connectivity index (χ0n) is 8.02. The molecule has 0 heterocycles. The first kappa shape index (κ1) is 7.86. The molecule has 1 fully saturated rings. The van der Waals surface area contributed by atoms with Gasteiger partial charge in [-0.05, 0) is 24.2 Å². The lowest BCUT2D eigenvalue weighted by atomic mass is 9.68. The third kappa shape index (κ3) is 0.602. The molecule has 2 atom stereocenters. The molecule has 0 aliphatic heterocycles. The molecular weight excluding hydrogens is 146 g/mol. The van der Waals surface area contributed by atoms with Crippen molar-refractivity contribution in [3.8, 4) is 6.07 Å². The highest BCUT2D eigenvalue weighted by Crippen LogP contribution is 2.64. The summed E-state index contributed by atoms with van der Waals surface area (Å²) >= 11 is 0. The Morgan fingerprint density at radius 3 is 2.42 bits per heavy atom. The van der Waals surface area contributed by atoms with Crippen molar-refractivity contribution in [3.05, 3.63) is 11.6 Å². The molecule has 0 radical (unpaired) electrons. The molecule has 2 aliphatic rings. The van der Waals surface area contributed by atoms with Crippen LogP contribution in [0.4, 0.5) is 0 Å². The minimum atomic E-state index is 0.173. The van der Waals surface area contributed by atoms with Gasteiger partial charge < -0.3 is 0 Å². The number of rotatable bonds is 0. The van der Waals surface area contributed by atoms with E-state index in [1.54, 1.807) is 0 Å². The Morgan fingerprint density at radius 1 is 1.50 bits per heavy atom. The predicted octanol–water partition coefficient (Wildman–Crippen LogP) is 2.89. The van der Waals surface area contributed by atoms with Gasteiger partial charge in [-0.3, -0.25) is 0 Å². The van der Waals surface area contributed by atoms with Crippen molar-refractivity contribution in [2.75, 3.05) is 0 Å². The van der Waals surface area contributed by atoms with E-state index >= 15 is 0 Å². The second-order valence-corrected chi connectivity index (χ2v) is 4.89. The Bertz CT molecular complexity index is 293. The monoisotopic (exact) mass is 161 g/mol. The topological polar surface area (TPSA) is 23.8 Å². The highest BCUT2D eigenvalue weighted by atomic mass is 14.6. The van der Waals surface area contributed by atoms with Gasteiger partial charge in [-0.25, -0.2) is 0 Å². The average molecular weight is 161 g/mol. The van der Waals surface area contributed by atoms with Crippen LogP contribution in [-0.4, -0.2) is 0 Å². The van der Waals surface area contributed by atoms with Crippen molar-refractivity contribution in [1.29, 1.82) is 5.26 Å². The van der Waals surface area contributed by atoms with Crippen LogP contribution in [0.2, 0.25) is 0 Å². The summed E-state index contributed by atoms with van der Waals surface area (Å²) in [5, 5.41) is 8.97. The van der Waals surface area contributed by atoms with Crippen molar-refractivity contribution in [2.45, 2.75) is 33.6 Å². The lowest BCUT2D eigenvalue weighted by Gasteiger charge is -2.35. The largest absolute Gasteiger partial charge is 0.193 e. The molecule has 0 spiro atoms. The van der Waals surface area contributed by atoms with Crippen LogP contribution in [0.15, 0.2) is 11.6 Å². The van der Waals surface area contributed by atoms with Crippen molar-refractivity contribution in [3.63, 3.8) is 0 Å². The fraction of sp³-hybridized carbons (Fsp3) is 0.727. The fourth-order valence-corrected chi connectivity index (χ4v) is 2.86. The molecule has 0 N–H and O–H groups in total. The lowest BCUT2D eigenvalue weighted by Crippen LogP contribution is -2.29. The van der Waals surface area contributed by atoms with E-state index in [9.17, 15) is 0 Å². The number of nitrogens with zero attached hydrogens (tertiary/aromatic N) is 1. The molecular formula is C11H15N. The minimum Gasteiger partial charge on any atom is -0.193 e. The van der Waals surface area contributed by atoms with Crippen molar-refractivity contribution in [2.24, 2.45) is 16.7 Å². The first-order valence-electron chi connectivity index (χ1n) is 4.65. The smallest absolute Gasteiger partial charge is 0.0949 e. The Morgan fingerprint density at radius 2 is 2.17 bits per heavy atom. The Hall–Kier alpha value is -0.770. The van der Waals surface area contributed by atoms with E-state index in [2.05, 4.69) is 32.9 Å². The molecule has 2 bridgehead atoms. The van der Waals surface area contributed by atoms with Gasteiger partial charge in [0.15, 0.2) is 0 Å². The molecule has 2 aliphatic carbocycles. The predicted molar refractivity (Wildman–Crippen MR) is 48.3 cm³/mol. The summed E-state index contributed by atoms with van der Waals surface area (Å²) in [5.74, 6) is 0.650. The van der Waals surface area contributed by atoms with E-state index < -0.39 is 0 Å². The molecule has 2 rings (SSSR count). The van der Waals surface area contributed by atoms with E-state index in [4.69, 9.17) is 5.26 Å². The molecule has 0 aromatic rings. The zero-order valence-corrected chi connectivity index (χ0v) is 8.02. The van der Waals surface area contributed by atoms with Gasteiger partial charge in [0, 0.05) is 11.0 Å². The third-order valence-electron chi connectivity index (χ3n) is 4.39. The third-order valence-corrected chi connectivity index (χ3v) is 4.39. The maximum Gasteiger partial charge on any atom is 0.0949 e. The summed E-state index contributed by atoms with van der Waals surface area (Å²) in [6.07, 6.45) is 4.67. The molecule has 1 saturated carbocycles. The summed E-state index contributed by atoms with van der Waals surface area (Å²) in [4.78, 5) is 0. The summed E-state index contributed by atoms with van der Waals surface area (Å²) in [7, 11) is 0. The number of nitriles is 1. The van der Waals surface area contributed by atoms with Crippen LogP contribution in [-0.2, 0) is 0 Å². The van der Waals surface area contributed by atoms with Gasteiger partial charge in [0.1, 0.15) is 0 Å². The maximum atomic E-state index is 8.97. The lowest BCUT2D eigenvalue weighted by molar-refractivity contribution is 0.175. The van der Waals surface area contributed by atoms with Gasteiger partial charge in [0.05, 0.1) is 6.07 Å². The maximum absolute atomic E-state index is 8.97. The molecule has 64 valence electrons. The number of fused-ring (bicyclic) bond motifs is 2. The highest BCUT2D eigenvalue weighted by molar-refractivity contribution is 5.40. The summed E-state index contributed by atoms with van der Waals surface area (Å²) in [6, 6.07) is 2.35. The second kappa shape index (κ2) is 1.93. The quantitative estimate of drug-likeness (QED) is 0.536. The minimum absolute atomic E-state index is 0.173. The van der Waals surface area contributed by atoms with Crippen molar-refractivity contribution in [1.82, 2.24) is 0 Å². The van der Waals surface area contributed by atoms with Gasteiger partial charge in [-0.1, -0.05) is 26.8 Å². The summed E-state index contributed by atoms with van der Waals surface area (Å²) < 4.78 is 0.